The van der Waals surface area contributed by atoms with Crippen LogP contribution in [0.5, 0.6) is 0 Å². The predicted octanol–water partition coefficient (Wildman–Crippen LogP) is 1.60. The first-order valence-corrected chi connectivity index (χ1v) is 3.94. The number of hydrogen-bond acceptors (Lipinski definition) is 2. The van der Waals surface area contributed by atoms with Crippen molar-refractivity contribution in [3.8, 4) is 0 Å². The lowest BCUT2D eigenvalue weighted by molar-refractivity contribution is 0.0588. The molecule has 1 heterocycles. The van der Waals surface area contributed by atoms with Crippen molar-refractivity contribution in [3.05, 3.63) is 23.5 Å². The molecular formula is C9H13NO2. The minimum absolute atomic E-state index is 0.264. The first-order chi connectivity index (χ1) is 5.70. The van der Waals surface area contributed by atoms with E-state index >= 15 is 0 Å². The highest BCUT2D eigenvalue weighted by Gasteiger charge is 2.13. The molecule has 0 spiro atoms. The molecule has 0 bridgehead atoms. The van der Waals surface area contributed by atoms with Crippen LogP contribution >= 0.6 is 0 Å². The molecule has 12 heavy (non-hydrogen) atoms. The maximum absolute atomic E-state index is 11.2. The summed E-state index contributed by atoms with van der Waals surface area (Å²) in [4.78, 5) is 11.2. The molecule has 0 aliphatic heterocycles. The van der Waals surface area contributed by atoms with Gasteiger partial charge in [0.05, 0.1) is 7.11 Å². The zero-order chi connectivity index (χ0) is 9.14. The number of carbonyl (C=O) groups is 1. The molecule has 1 rings (SSSR count). The van der Waals surface area contributed by atoms with Gasteiger partial charge in [-0.15, -0.1) is 0 Å². The van der Waals surface area contributed by atoms with E-state index in [1.54, 1.807) is 0 Å². The van der Waals surface area contributed by atoms with E-state index in [9.17, 15) is 4.79 Å². The van der Waals surface area contributed by atoms with Crippen molar-refractivity contribution in [1.29, 1.82) is 0 Å². The van der Waals surface area contributed by atoms with Crippen molar-refractivity contribution in [1.82, 2.24) is 4.57 Å². The number of ether oxygens (including phenoxy) is 1. The Labute approximate surface area is 72.0 Å². The molecule has 0 radical (unpaired) electrons. The molecule has 0 saturated carbocycles. The molecule has 0 fully saturated rings. The van der Waals surface area contributed by atoms with Gasteiger partial charge in [0.25, 0.3) is 0 Å². The quantitative estimate of drug-likeness (QED) is 0.626. The third-order valence-corrected chi connectivity index (χ3v) is 1.88. The summed E-state index contributed by atoms with van der Waals surface area (Å²) in [5, 5.41) is 0. The molecule has 0 amide bonds. The van der Waals surface area contributed by atoms with Crippen LogP contribution in [0.15, 0.2) is 12.3 Å². The van der Waals surface area contributed by atoms with Crippen LogP contribution in [0.3, 0.4) is 0 Å². The number of rotatable bonds is 2. The molecule has 0 aliphatic carbocycles. The summed E-state index contributed by atoms with van der Waals surface area (Å²) < 4.78 is 6.53. The number of methoxy groups -OCH3 is 1. The maximum Gasteiger partial charge on any atom is 0.354 e. The van der Waals surface area contributed by atoms with E-state index < -0.39 is 0 Å². The van der Waals surface area contributed by atoms with Crippen LogP contribution in [0.25, 0.3) is 0 Å². The van der Waals surface area contributed by atoms with E-state index in [4.69, 9.17) is 0 Å². The Morgan fingerprint density at radius 3 is 2.83 bits per heavy atom. The molecule has 66 valence electrons. The zero-order valence-electron chi connectivity index (χ0n) is 7.63. The van der Waals surface area contributed by atoms with Gasteiger partial charge in [0.2, 0.25) is 0 Å². The molecule has 0 saturated heterocycles. The van der Waals surface area contributed by atoms with Crippen molar-refractivity contribution in [2.75, 3.05) is 7.11 Å². The van der Waals surface area contributed by atoms with Gasteiger partial charge in [-0.25, -0.2) is 4.79 Å². The summed E-state index contributed by atoms with van der Waals surface area (Å²) in [5.74, 6) is -0.264. The van der Waals surface area contributed by atoms with E-state index in [1.807, 2.05) is 30.7 Å². The summed E-state index contributed by atoms with van der Waals surface area (Å²) in [5.41, 5.74) is 1.61. The second-order valence-electron chi connectivity index (χ2n) is 2.62. The number of esters is 1. The van der Waals surface area contributed by atoms with E-state index in [0.29, 0.717) is 5.69 Å². The monoisotopic (exact) mass is 167 g/mol. The van der Waals surface area contributed by atoms with Crippen LogP contribution in [0.1, 0.15) is 23.0 Å². The highest BCUT2D eigenvalue weighted by molar-refractivity contribution is 5.89. The molecular weight excluding hydrogens is 154 g/mol. The van der Waals surface area contributed by atoms with E-state index in [-0.39, 0.29) is 5.97 Å². The fraction of sp³-hybridized carbons (Fsp3) is 0.444. The van der Waals surface area contributed by atoms with Crippen LogP contribution in [0.2, 0.25) is 0 Å². The van der Waals surface area contributed by atoms with Crippen LogP contribution in [-0.4, -0.2) is 17.6 Å². The van der Waals surface area contributed by atoms with E-state index in [1.165, 1.54) is 7.11 Å². The van der Waals surface area contributed by atoms with E-state index in [0.717, 1.165) is 12.1 Å². The lowest BCUT2D eigenvalue weighted by Crippen LogP contribution is -2.10. The lowest BCUT2D eigenvalue weighted by Gasteiger charge is -2.04. The average molecular weight is 167 g/mol. The van der Waals surface area contributed by atoms with Gasteiger partial charge in [-0.1, -0.05) is 0 Å². The minimum Gasteiger partial charge on any atom is -0.464 e. The number of aromatic nitrogens is 1. The standard InChI is InChI=1S/C9H13NO2/c1-4-10-6-5-7(2)8(10)9(11)12-3/h5-6H,4H2,1-3H3. The number of carbonyl (C=O) groups excluding carboxylic acids is 1. The summed E-state index contributed by atoms with van der Waals surface area (Å²) in [6.45, 7) is 4.68. The summed E-state index contributed by atoms with van der Waals surface area (Å²) in [6.07, 6.45) is 1.89. The largest absolute Gasteiger partial charge is 0.464 e. The van der Waals surface area contributed by atoms with Crippen LogP contribution < -0.4 is 0 Å². The van der Waals surface area contributed by atoms with Crippen molar-refractivity contribution in [2.45, 2.75) is 20.4 Å². The number of aryl methyl sites for hydroxylation is 2. The van der Waals surface area contributed by atoms with Gasteiger partial charge < -0.3 is 9.30 Å². The highest BCUT2D eigenvalue weighted by Crippen LogP contribution is 2.10. The third kappa shape index (κ3) is 1.35. The zero-order valence-corrected chi connectivity index (χ0v) is 7.63. The fourth-order valence-corrected chi connectivity index (χ4v) is 1.22. The molecule has 0 N–H and O–H groups in total. The SMILES string of the molecule is CCn1ccc(C)c1C(=O)OC. The maximum atomic E-state index is 11.2. The summed E-state index contributed by atoms with van der Waals surface area (Å²) >= 11 is 0. The first-order valence-electron chi connectivity index (χ1n) is 3.94. The van der Waals surface area contributed by atoms with Gasteiger partial charge in [0.1, 0.15) is 5.69 Å². The molecule has 0 unspecified atom stereocenters. The Balaban J connectivity index is 3.10. The lowest BCUT2D eigenvalue weighted by atomic mass is 10.3. The molecule has 0 atom stereocenters. The molecule has 1 aromatic rings. The minimum atomic E-state index is -0.264. The van der Waals surface area contributed by atoms with Crippen molar-refractivity contribution >= 4 is 5.97 Å². The van der Waals surface area contributed by atoms with Crippen LogP contribution in [0.4, 0.5) is 0 Å². The first kappa shape index (κ1) is 8.84. The summed E-state index contributed by atoms with van der Waals surface area (Å²) in [6, 6.07) is 1.91. The number of hydrogen-bond donors (Lipinski definition) is 0. The molecule has 1 aromatic heterocycles. The van der Waals surface area contributed by atoms with Gasteiger partial charge in [-0.2, -0.15) is 0 Å². The van der Waals surface area contributed by atoms with E-state index in [2.05, 4.69) is 4.74 Å². The van der Waals surface area contributed by atoms with Crippen LogP contribution in [-0.2, 0) is 11.3 Å². The second kappa shape index (κ2) is 3.43. The predicted molar refractivity (Wildman–Crippen MR) is 46.2 cm³/mol. The fourth-order valence-electron chi connectivity index (χ4n) is 1.22. The van der Waals surface area contributed by atoms with Gasteiger partial charge in [0.15, 0.2) is 0 Å². The smallest absolute Gasteiger partial charge is 0.354 e. The highest BCUT2D eigenvalue weighted by atomic mass is 16.5. The normalized spacial score (nSPS) is 9.92. The Bertz CT molecular complexity index is 289. The Hall–Kier alpha value is -1.25. The Morgan fingerprint density at radius 2 is 2.33 bits per heavy atom. The van der Waals surface area contributed by atoms with Gasteiger partial charge >= 0.3 is 5.97 Å². The molecule has 3 heteroatoms. The van der Waals surface area contributed by atoms with Crippen molar-refractivity contribution in [2.24, 2.45) is 0 Å². The topological polar surface area (TPSA) is 31.2 Å². The van der Waals surface area contributed by atoms with Gasteiger partial charge in [0, 0.05) is 12.7 Å². The second-order valence-corrected chi connectivity index (χ2v) is 2.62. The Morgan fingerprint density at radius 1 is 1.67 bits per heavy atom. The van der Waals surface area contributed by atoms with Gasteiger partial charge in [-0.05, 0) is 25.5 Å². The molecule has 0 aromatic carbocycles. The average Bonchev–Trinajstić information content (AvgIpc) is 2.45. The Kier molecular flexibility index (Phi) is 2.53. The van der Waals surface area contributed by atoms with Crippen molar-refractivity contribution in [3.63, 3.8) is 0 Å². The number of nitrogens with zero attached hydrogens (tertiary/aromatic N) is 1. The molecule has 3 nitrogen and oxygen atoms in total. The molecule has 0 aliphatic rings. The van der Waals surface area contributed by atoms with Crippen molar-refractivity contribution < 1.29 is 9.53 Å². The summed E-state index contributed by atoms with van der Waals surface area (Å²) in [7, 11) is 1.40. The van der Waals surface area contributed by atoms with Gasteiger partial charge in [-0.3, -0.25) is 0 Å². The third-order valence-electron chi connectivity index (χ3n) is 1.88. The van der Waals surface area contributed by atoms with Crippen LogP contribution in [0, 0.1) is 6.92 Å².